The molecule has 0 aromatic heterocycles. The topological polar surface area (TPSA) is 40.6 Å². The van der Waals surface area contributed by atoms with E-state index in [-0.39, 0.29) is 23.2 Å². The van der Waals surface area contributed by atoms with Gasteiger partial charge < -0.3 is 4.90 Å². The maximum absolute atomic E-state index is 12.9. The third-order valence-corrected chi connectivity index (χ3v) is 7.05. The normalized spacial score (nSPS) is 19.1. The number of nitrogens with zero attached hydrogens (tertiary/aromatic N) is 2. The lowest BCUT2D eigenvalue weighted by molar-refractivity contribution is -0.123. The standard InChI is InChI=1S/C25H25ClN2O2S/c1-5-28-21-11-10-17(12-19(21)16(2)14-25(28,3)4)13-22-23(29)27(24(30)31-22)15-18-8-6-7-9-20(18)26/h6-14H,5,15H2,1-4H3/b22-13-. The largest absolute Gasteiger partial charge is 0.363 e. The summed E-state index contributed by atoms with van der Waals surface area (Å²) in [6.07, 6.45) is 4.08. The van der Waals surface area contributed by atoms with E-state index in [1.807, 2.05) is 24.3 Å². The Labute approximate surface area is 192 Å². The Morgan fingerprint density at radius 2 is 1.87 bits per heavy atom. The van der Waals surface area contributed by atoms with Crippen molar-refractivity contribution >= 4 is 51.8 Å². The number of imide groups is 1. The van der Waals surface area contributed by atoms with Crippen LogP contribution >= 0.6 is 23.4 Å². The first-order valence-corrected chi connectivity index (χ1v) is 11.5. The van der Waals surface area contributed by atoms with Crippen LogP contribution in [0.3, 0.4) is 0 Å². The summed E-state index contributed by atoms with van der Waals surface area (Å²) in [6, 6.07) is 13.5. The summed E-state index contributed by atoms with van der Waals surface area (Å²) in [6.45, 7) is 9.79. The number of hydrogen-bond acceptors (Lipinski definition) is 4. The van der Waals surface area contributed by atoms with Crippen molar-refractivity contribution in [3.05, 3.63) is 75.2 Å². The molecular weight excluding hydrogens is 428 g/mol. The van der Waals surface area contributed by atoms with Crippen molar-refractivity contribution < 1.29 is 9.59 Å². The van der Waals surface area contributed by atoms with Gasteiger partial charge in [-0.2, -0.15) is 0 Å². The van der Waals surface area contributed by atoms with E-state index in [0.717, 1.165) is 35.0 Å². The lowest BCUT2D eigenvalue weighted by Crippen LogP contribution is -2.44. The van der Waals surface area contributed by atoms with Gasteiger partial charge in [-0.15, -0.1) is 0 Å². The highest BCUT2D eigenvalue weighted by molar-refractivity contribution is 8.18. The monoisotopic (exact) mass is 452 g/mol. The SMILES string of the molecule is CCN1c2ccc(/C=C3\SC(=O)N(Cc4ccccc4Cl)C3=O)cc2C(C)=CC1(C)C. The van der Waals surface area contributed by atoms with E-state index in [1.54, 1.807) is 12.1 Å². The van der Waals surface area contributed by atoms with Gasteiger partial charge in [-0.1, -0.05) is 41.9 Å². The molecule has 0 unspecified atom stereocenters. The molecule has 0 saturated carbocycles. The number of anilines is 1. The summed E-state index contributed by atoms with van der Waals surface area (Å²) in [5.74, 6) is -0.281. The Kier molecular flexibility index (Phi) is 5.75. The first-order chi connectivity index (χ1) is 14.7. The van der Waals surface area contributed by atoms with Crippen LogP contribution in [0.2, 0.25) is 5.02 Å². The van der Waals surface area contributed by atoms with Crippen LogP contribution in [0.4, 0.5) is 10.5 Å². The predicted octanol–water partition coefficient (Wildman–Crippen LogP) is 6.60. The fourth-order valence-corrected chi connectivity index (χ4v) is 5.39. The summed E-state index contributed by atoms with van der Waals surface area (Å²) in [5, 5.41) is 0.273. The van der Waals surface area contributed by atoms with Gasteiger partial charge >= 0.3 is 0 Å². The van der Waals surface area contributed by atoms with E-state index in [4.69, 9.17) is 11.6 Å². The molecule has 2 aliphatic rings. The van der Waals surface area contributed by atoms with Crippen molar-refractivity contribution in [1.29, 1.82) is 0 Å². The molecule has 1 saturated heterocycles. The number of likely N-dealkylation sites (N-methyl/N-ethyl adjacent to an activating group) is 1. The zero-order valence-corrected chi connectivity index (χ0v) is 19.7. The number of thioether (sulfide) groups is 1. The summed E-state index contributed by atoms with van der Waals surface area (Å²) in [5.41, 5.74) is 5.18. The summed E-state index contributed by atoms with van der Waals surface area (Å²) in [7, 11) is 0. The minimum Gasteiger partial charge on any atom is -0.363 e. The van der Waals surface area contributed by atoms with Gasteiger partial charge in [0.1, 0.15) is 0 Å². The number of benzene rings is 2. The highest BCUT2D eigenvalue weighted by Gasteiger charge is 2.35. The predicted molar refractivity (Wildman–Crippen MR) is 130 cm³/mol. The first-order valence-electron chi connectivity index (χ1n) is 10.3. The lowest BCUT2D eigenvalue weighted by Gasteiger charge is -2.42. The van der Waals surface area contributed by atoms with E-state index in [2.05, 4.69) is 50.8 Å². The molecule has 160 valence electrons. The number of amides is 2. The van der Waals surface area contributed by atoms with E-state index < -0.39 is 0 Å². The molecule has 0 radical (unpaired) electrons. The minimum atomic E-state index is -0.281. The van der Waals surface area contributed by atoms with Gasteiger partial charge in [0.05, 0.1) is 17.0 Å². The van der Waals surface area contributed by atoms with E-state index in [0.29, 0.717) is 9.93 Å². The number of hydrogen-bond donors (Lipinski definition) is 0. The second-order valence-electron chi connectivity index (χ2n) is 8.36. The van der Waals surface area contributed by atoms with Crippen LogP contribution in [-0.4, -0.2) is 28.1 Å². The van der Waals surface area contributed by atoms with E-state index in [9.17, 15) is 9.59 Å². The zero-order valence-electron chi connectivity index (χ0n) is 18.1. The number of carbonyl (C=O) groups is 2. The fourth-order valence-electron chi connectivity index (χ4n) is 4.35. The van der Waals surface area contributed by atoms with Crippen LogP contribution in [-0.2, 0) is 11.3 Å². The van der Waals surface area contributed by atoms with Crippen molar-refractivity contribution in [3.63, 3.8) is 0 Å². The third-order valence-electron chi connectivity index (χ3n) is 5.78. The van der Waals surface area contributed by atoms with Crippen molar-refractivity contribution in [3.8, 4) is 0 Å². The van der Waals surface area contributed by atoms with Gasteiger partial charge in [0.15, 0.2) is 0 Å². The summed E-state index contributed by atoms with van der Waals surface area (Å²) >= 11 is 7.18. The molecule has 4 nitrogen and oxygen atoms in total. The Hall–Kier alpha value is -2.50. The van der Waals surface area contributed by atoms with E-state index in [1.165, 1.54) is 16.2 Å². The molecule has 2 aromatic carbocycles. The Morgan fingerprint density at radius 3 is 2.58 bits per heavy atom. The van der Waals surface area contributed by atoms with Gasteiger partial charge in [-0.25, -0.2) is 0 Å². The van der Waals surface area contributed by atoms with Crippen molar-refractivity contribution in [1.82, 2.24) is 4.90 Å². The molecule has 6 heteroatoms. The number of rotatable bonds is 4. The smallest absolute Gasteiger partial charge is 0.293 e. The maximum atomic E-state index is 12.9. The molecular formula is C25H25ClN2O2S. The van der Waals surface area contributed by atoms with Gasteiger partial charge in [-0.05, 0) is 80.4 Å². The second-order valence-corrected chi connectivity index (χ2v) is 9.76. The molecule has 0 spiro atoms. The average Bonchev–Trinajstić information content (AvgIpc) is 2.97. The van der Waals surface area contributed by atoms with Gasteiger partial charge in [0.2, 0.25) is 0 Å². The quantitative estimate of drug-likeness (QED) is 0.490. The van der Waals surface area contributed by atoms with Crippen LogP contribution in [0.15, 0.2) is 53.4 Å². The molecule has 4 rings (SSSR count). The maximum Gasteiger partial charge on any atom is 0.293 e. The molecule has 0 aliphatic carbocycles. The van der Waals surface area contributed by atoms with Crippen LogP contribution in [0.5, 0.6) is 0 Å². The van der Waals surface area contributed by atoms with Crippen molar-refractivity contribution in [2.45, 2.75) is 39.8 Å². The molecule has 2 heterocycles. The number of halogens is 1. The lowest BCUT2D eigenvalue weighted by atomic mass is 9.88. The van der Waals surface area contributed by atoms with Crippen molar-refractivity contribution in [2.24, 2.45) is 0 Å². The molecule has 1 fully saturated rings. The first kappa shape index (κ1) is 21.7. The fraction of sp³-hybridized carbons (Fsp3) is 0.280. The van der Waals surface area contributed by atoms with Crippen LogP contribution in [0, 0.1) is 0 Å². The van der Waals surface area contributed by atoms with Gasteiger partial charge in [0, 0.05) is 22.8 Å². The molecule has 2 aliphatic heterocycles. The van der Waals surface area contributed by atoms with Crippen LogP contribution in [0.1, 0.15) is 44.4 Å². The molecule has 0 N–H and O–H groups in total. The Balaban J connectivity index is 1.63. The second kappa shape index (κ2) is 8.21. The van der Waals surface area contributed by atoms with Gasteiger partial charge in [0.25, 0.3) is 11.1 Å². The van der Waals surface area contributed by atoms with Gasteiger partial charge in [-0.3, -0.25) is 14.5 Å². The molecule has 2 amide bonds. The van der Waals surface area contributed by atoms with Crippen LogP contribution < -0.4 is 4.90 Å². The van der Waals surface area contributed by atoms with Crippen LogP contribution in [0.25, 0.3) is 11.6 Å². The number of allylic oxidation sites excluding steroid dienone is 1. The minimum absolute atomic E-state index is 0.0469. The summed E-state index contributed by atoms with van der Waals surface area (Å²) in [4.78, 5) is 29.5. The highest BCUT2D eigenvalue weighted by atomic mass is 35.5. The van der Waals surface area contributed by atoms with E-state index >= 15 is 0 Å². The average molecular weight is 453 g/mol. The third kappa shape index (κ3) is 4.04. The molecule has 0 bridgehead atoms. The Bertz CT molecular complexity index is 1140. The number of carbonyl (C=O) groups excluding carboxylic acids is 2. The highest BCUT2D eigenvalue weighted by Crippen LogP contribution is 2.40. The number of fused-ring (bicyclic) bond motifs is 1. The molecule has 0 atom stereocenters. The molecule has 2 aromatic rings. The molecule has 31 heavy (non-hydrogen) atoms. The summed E-state index contributed by atoms with van der Waals surface area (Å²) < 4.78 is 0. The Morgan fingerprint density at radius 1 is 1.13 bits per heavy atom. The van der Waals surface area contributed by atoms with Crippen molar-refractivity contribution in [2.75, 3.05) is 11.4 Å². The zero-order chi connectivity index (χ0) is 22.3.